The molecule has 2 N–H and O–H groups in total. The first-order chi connectivity index (χ1) is 12.2. The van der Waals surface area contributed by atoms with E-state index in [1.54, 1.807) is 11.8 Å². The zero-order valence-electron chi connectivity index (χ0n) is 14.0. The summed E-state index contributed by atoms with van der Waals surface area (Å²) in [5.74, 6) is 1.10. The van der Waals surface area contributed by atoms with Crippen LogP contribution in [0, 0.1) is 0 Å². The van der Waals surface area contributed by atoms with Gasteiger partial charge < -0.3 is 14.6 Å². The summed E-state index contributed by atoms with van der Waals surface area (Å²) in [5.41, 5.74) is 2.08. The Balaban J connectivity index is 1.73. The van der Waals surface area contributed by atoms with E-state index in [0.717, 1.165) is 11.1 Å². The Bertz CT molecular complexity index is 723. The molecule has 2 aromatic carbocycles. The Morgan fingerprint density at radius 3 is 2.68 bits per heavy atom. The third-order valence-corrected chi connectivity index (χ3v) is 5.16. The molecular formula is C19H21NO4S. The number of ether oxygens (including phenoxy) is 2. The Labute approximate surface area is 151 Å². The fourth-order valence-electron chi connectivity index (χ4n) is 2.62. The van der Waals surface area contributed by atoms with Crippen molar-refractivity contribution in [3.05, 3.63) is 59.7 Å². The van der Waals surface area contributed by atoms with Crippen molar-refractivity contribution >= 4 is 17.7 Å². The maximum atomic E-state index is 11.1. The third-order valence-electron chi connectivity index (χ3n) is 3.89. The molecule has 0 aromatic heterocycles. The van der Waals surface area contributed by atoms with Crippen LogP contribution in [0.3, 0.4) is 0 Å². The molecule has 132 valence electrons. The van der Waals surface area contributed by atoms with Crippen molar-refractivity contribution in [2.45, 2.75) is 24.9 Å². The molecule has 6 heteroatoms. The van der Waals surface area contributed by atoms with E-state index in [0.29, 0.717) is 30.5 Å². The Morgan fingerprint density at radius 1 is 1.20 bits per heavy atom. The highest BCUT2D eigenvalue weighted by Crippen LogP contribution is 2.37. The molecule has 1 aliphatic rings. The van der Waals surface area contributed by atoms with Crippen LogP contribution in [0.2, 0.25) is 0 Å². The van der Waals surface area contributed by atoms with E-state index in [1.165, 1.54) is 0 Å². The molecule has 1 heterocycles. The largest absolute Gasteiger partial charge is 0.490 e. The van der Waals surface area contributed by atoms with Gasteiger partial charge in [-0.2, -0.15) is 0 Å². The van der Waals surface area contributed by atoms with Gasteiger partial charge in [0.25, 0.3) is 0 Å². The fraction of sp³-hybridized carbons (Fsp3) is 0.316. The van der Waals surface area contributed by atoms with Crippen LogP contribution in [-0.4, -0.2) is 29.5 Å². The van der Waals surface area contributed by atoms with Gasteiger partial charge in [0.2, 0.25) is 0 Å². The maximum absolute atomic E-state index is 11.1. The number of hydrogen-bond acceptors (Lipinski definition) is 5. The van der Waals surface area contributed by atoms with Gasteiger partial charge in [-0.3, -0.25) is 10.1 Å². The first-order valence-electron chi connectivity index (χ1n) is 8.21. The Kier molecular flexibility index (Phi) is 5.83. The van der Waals surface area contributed by atoms with Crippen LogP contribution in [0.4, 0.5) is 0 Å². The van der Waals surface area contributed by atoms with Gasteiger partial charge in [-0.1, -0.05) is 36.4 Å². The van der Waals surface area contributed by atoms with Gasteiger partial charge in [0.15, 0.2) is 11.5 Å². The molecule has 0 unspecified atom stereocenters. The lowest BCUT2D eigenvalue weighted by Gasteiger charge is -2.16. The lowest BCUT2D eigenvalue weighted by molar-refractivity contribution is -0.138. The van der Waals surface area contributed by atoms with Gasteiger partial charge in [0.1, 0.15) is 12.6 Å². The highest BCUT2D eigenvalue weighted by atomic mass is 32.2. The summed E-state index contributed by atoms with van der Waals surface area (Å²) < 4.78 is 11.6. The van der Waals surface area contributed by atoms with Crippen LogP contribution in [0.5, 0.6) is 11.5 Å². The molecule has 1 fully saturated rings. The van der Waals surface area contributed by atoms with Gasteiger partial charge in [-0.05, 0) is 30.2 Å². The summed E-state index contributed by atoms with van der Waals surface area (Å²) in [5, 5.41) is 12.2. The third kappa shape index (κ3) is 4.46. The molecule has 0 bridgehead atoms. The predicted octanol–water partition coefficient (Wildman–Crippen LogP) is 3.45. The second-order valence-corrected chi connectivity index (χ2v) is 6.82. The normalized spacial score (nSPS) is 19.6. The smallest absolute Gasteiger partial charge is 0.321 e. The van der Waals surface area contributed by atoms with Crippen molar-refractivity contribution in [3.8, 4) is 11.5 Å². The van der Waals surface area contributed by atoms with Gasteiger partial charge in [-0.25, -0.2) is 0 Å². The second kappa shape index (κ2) is 8.27. The van der Waals surface area contributed by atoms with Crippen LogP contribution in [0.1, 0.15) is 23.4 Å². The van der Waals surface area contributed by atoms with E-state index in [-0.39, 0.29) is 5.37 Å². The predicted molar refractivity (Wildman–Crippen MR) is 98.1 cm³/mol. The SMILES string of the molecule is CCOc1cc([C@H]2N[C@@H](C(=O)O)CS2)ccc1OCc1ccccc1. The number of carboxylic acids is 1. The molecule has 1 saturated heterocycles. The van der Waals surface area contributed by atoms with Crippen molar-refractivity contribution in [1.82, 2.24) is 5.32 Å². The molecule has 25 heavy (non-hydrogen) atoms. The molecule has 0 saturated carbocycles. The fourth-order valence-corrected chi connectivity index (χ4v) is 3.84. The topological polar surface area (TPSA) is 67.8 Å². The number of thioether (sulfide) groups is 1. The van der Waals surface area contributed by atoms with E-state index in [9.17, 15) is 4.79 Å². The zero-order valence-corrected chi connectivity index (χ0v) is 14.8. The molecule has 1 aliphatic heterocycles. The van der Waals surface area contributed by atoms with Gasteiger partial charge >= 0.3 is 5.97 Å². The average molecular weight is 359 g/mol. The minimum Gasteiger partial charge on any atom is -0.490 e. The van der Waals surface area contributed by atoms with E-state index in [1.807, 2.05) is 55.5 Å². The molecule has 0 amide bonds. The minimum atomic E-state index is -0.817. The molecule has 0 spiro atoms. The van der Waals surface area contributed by atoms with Crippen LogP contribution in [0.25, 0.3) is 0 Å². The summed E-state index contributed by atoms with van der Waals surface area (Å²) in [6.45, 7) is 2.93. The van der Waals surface area contributed by atoms with Crippen LogP contribution < -0.4 is 14.8 Å². The monoisotopic (exact) mass is 359 g/mol. The van der Waals surface area contributed by atoms with Crippen LogP contribution in [-0.2, 0) is 11.4 Å². The lowest BCUT2D eigenvalue weighted by atomic mass is 10.2. The Morgan fingerprint density at radius 2 is 2.00 bits per heavy atom. The second-order valence-electron chi connectivity index (χ2n) is 5.68. The highest BCUT2D eigenvalue weighted by Gasteiger charge is 2.30. The number of carboxylic acid groups (broad SMARTS) is 1. The van der Waals surface area contributed by atoms with Crippen LogP contribution in [0.15, 0.2) is 48.5 Å². The first kappa shape index (κ1) is 17.6. The summed E-state index contributed by atoms with van der Waals surface area (Å²) in [4.78, 5) is 11.1. The molecule has 0 aliphatic carbocycles. The van der Waals surface area contributed by atoms with E-state index < -0.39 is 12.0 Å². The number of hydrogen-bond donors (Lipinski definition) is 2. The summed E-state index contributed by atoms with van der Waals surface area (Å²) in [7, 11) is 0. The maximum Gasteiger partial charge on any atom is 0.321 e. The number of nitrogens with one attached hydrogen (secondary N) is 1. The standard InChI is InChI=1S/C19H21NO4S/c1-2-23-17-10-14(18-20-15(12-25-18)19(21)22)8-9-16(17)24-11-13-6-4-3-5-7-13/h3-10,15,18,20H,2,11-12H2,1H3,(H,21,22)/t15-,18+/m1/s1. The molecule has 2 atom stereocenters. The van der Waals surface area contributed by atoms with Crippen molar-refractivity contribution in [3.63, 3.8) is 0 Å². The minimum absolute atomic E-state index is 0.0523. The number of benzene rings is 2. The van der Waals surface area contributed by atoms with Crippen molar-refractivity contribution in [1.29, 1.82) is 0 Å². The summed E-state index contributed by atoms with van der Waals surface area (Å²) in [6.07, 6.45) is 0. The number of carbonyl (C=O) groups is 1. The van der Waals surface area contributed by atoms with Crippen molar-refractivity contribution < 1.29 is 19.4 Å². The van der Waals surface area contributed by atoms with E-state index >= 15 is 0 Å². The van der Waals surface area contributed by atoms with Gasteiger partial charge in [-0.15, -0.1) is 11.8 Å². The van der Waals surface area contributed by atoms with Crippen molar-refractivity contribution in [2.24, 2.45) is 0 Å². The summed E-state index contributed by atoms with van der Waals surface area (Å²) in [6, 6.07) is 15.2. The van der Waals surface area contributed by atoms with Gasteiger partial charge in [0.05, 0.1) is 12.0 Å². The number of rotatable bonds is 7. The van der Waals surface area contributed by atoms with Crippen LogP contribution >= 0.6 is 11.8 Å². The molecule has 5 nitrogen and oxygen atoms in total. The quantitative estimate of drug-likeness (QED) is 0.789. The highest BCUT2D eigenvalue weighted by molar-refractivity contribution is 7.99. The summed E-state index contributed by atoms with van der Waals surface area (Å²) >= 11 is 1.59. The average Bonchev–Trinajstić information content (AvgIpc) is 3.12. The molecule has 3 rings (SSSR count). The lowest BCUT2D eigenvalue weighted by Crippen LogP contribution is -2.33. The van der Waals surface area contributed by atoms with E-state index in [2.05, 4.69) is 5.32 Å². The number of aliphatic carboxylic acids is 1. The van der Waals surface area contributed by atoms with Gasteiger partial charge in [0, 0.05) is 5.75 Å². The molecule has 0 radical (unpaired) electrons. The molecular weight excluding hydrogens is 338 g/mol. The first-order valence-corrected chi connectivity index (χ1v) is 9.26. The van der Waals surface area contributed by atoms with E-state index in [4.69, 9.17) is 14.6 Å². The Hall–Kier alpha value is -2.18. The molecule has 2 aromatic rings. The zero-order chi connectivity index (χ0) is 17.6. The van der Waals surface area contributed by atoms with Crippen molar-refractivity contribution in [2.75, 3.05) is 12.4 Å².